The number of fused-ring (bicyclic) bond motifs is 2. The molecule has 1 aromatic carbocycles. The average molecular weight is 467 g/mol. The molecule has 0 aliphatic carbocycles. The summed E-state index contributed by atoms with van der Waals surface area (Å²) in [5.74, 6) is 0.916. The smallest absolute Gasteiger partial charge is 0.219 e. The fourth-order valence-corrected chi connectivity index (χ4v) is 8.30. The van der Waals surface area contributed by atoms with E-state index in [2.05, 4.69) is 42.3 Å². The van der Waals surface area contributed by atoms with Crippen molar-refractivity contribution in [2.24, 2.45) is 0 Å². The zero-order valence-corrected chi connectivity index (χ0v) is 21.2. The second kappa shape index (κ2) is 9.28. The molecule has 1 amide bonds. The Bertz CT molecular complexity index is 1120. The summed E-state index contributed by atoms with van der Waals surface area (Å²) in [5, 5.41) is 3.94. The van der Waals surface area contributed by atoms with Crippen LogP contribution in [0.3, 0.4) is 0 Å². The van der Waals surface area contributed by atoms with Gasteiger partial charge < -0.3 is 9.80 Å². The normalized spacial score (nSPS) is 17.8. The number of hydrogen-bond donors (Lipinski definition) is 0. The SMILES string of the molecule is CCc1c(CCN2CCC(c3csc4cccc(C)c34)CC2)sc2c1CCN(C(C)=O)C2. The highest BCUT2D eigenvalue weighted by Gasteiger charge is 2.26. The molecule has 1 saturated heterocycles. The van der Waals surface area contributed by atoms with E-state index in [1.807, 2.05) is 27.6 Å². The van der Waals surface area contributed by atoms with Gasteiger partial charge in [0.2, 0.25) is 5.91 Å². The topological polar surface area (TPSA) is 23.6 Å². The van der Waals surface area contributed by atoms with Crippen molar-refractivity contribution in [2.75, 3.05) is 26.2 Å². The number of nitrogens with zero attached hydrogens (tertiary/aromatic N) is 2. The Labute approximate surface area is 200 Å². The number of carbonyl (C=O) groups excluding carboxylic acids is 1. The predicted molar refractivity (Wildman–Crippen MR) is 137 cm³/mol. The molecule has 2 aromatic heterocycles. The number of rotatable bonds is 5. The predicted octanol–water partition coefficient (Wildman–Crippen LogP) is 6.16. The maximum atomic E-state index is 11.8. The molecule has 32 heavy (non-hydrogen) atoms. The molecule has 5 heteroatoms. The number of carbonyl (C=O) groups is 1. The molecule has 0 bridgehead atoms. The van der Waals surface area contributed by atoms with Crippen molar-refractivity contribution in [1.82, 2.24) is 9.80 Å². The van der Waals surface area contributed by atoms with Crippen LogP contribution in [-0.4, -0.2) is 41.9 Å². The van der Waals surface area contributed by atoms with Crippen LogP contribution in [0.25, 0.3) is 10.1 Å². The highest BCUT2D eigenvalue weighted by molar-refractivity contribution is 7.17. The quantitative estimate of drug-likeness (QED) is 0.449. The van der Waals surface area contributed by atoms with Crippen molar-refractivity contribution < 1.29 is 4.79 Å². The Morgan fingerprint density at radius 2 is 2.00 bits per heavy atom. The highest BCUT2D eigenvalue weighted by atomic mass is 32.1. The maximum absolute atomic E-state index is 11.8. The zero-order valence-electron chi connectivity index (χ0n) is 19.6. The third-order valence-electron chi connectivity index (χ3n) is 7.57. The van der Waals surface area contributed by atoms with Gasteiger partial charge in [-0.25, -0.2) is 0 Å². The van der Waals surface area contributed by atoms with Gasteiger partial charge in [-0.2, -0.15) is 0 Å². The summed E-state index contributed by atoms with van der Waals surface area (Å²) in [4.78, 5) is 19.5. The minimum atomic E-state index is 0.208. The van der Waals surface area contributed by atoms with Crippen molar-refractivity contribution in [1.29, 1.82) is 0 Å². The third kappa shape index (κ3) is 4.15. The number of amides is 1. The van der Waals surface area contributed by atoms with Crippen molar-refractivity contribution in [3.8, 4) is 0 Å². The first-order chi connectivity index (χ1) is 15.5. The van der Waals surface area contributed by atoms with Crippen LogP contribution in [-0.2, 0) is 30.6 Å². The first-order valence-corrected chi connectivity index (χ1v) is 13.8. The number of aryl methyl sites for hydroxylation is 1. The fourth-order valence-electron chi connectivity index (χ4n) is 5.73. The van der Waals surface area contributed by atoms with E-state index in [-0.39, 0.29) is 5.91 Å². The second-order valence-corrected chi connectivity index (χ2v) is 11.6. The van der Waals surface area contributed by atoms with E-state index in [0.717, 1.165) is 32.4 Å². The van der Waals surface area contributed by atoms with Crippen LogP contribution in [0.1, 0.15) is 64.6 Å². The molecule has 0 atom stereocenters. The van der Waals surface area contributed by atoms with E-state index in [9.17, 15) is 4.79 Å². The molecule has 1 fully saturated rings. The molecular weight excluding hydrogens is 432 g/mol. The van der Waals surface area contributed by atoms with Gasteiger partial charge in [0.25, 0.3) is 0 Å². The maximum Gasteiger partial charge on any atom is 0.219 e. The summed E-state index contributed by atoms with van der Waals surface area (Å²) < 4.78 is 1.44. The lowest BCUT2D eigenvalue weighted by Gasteiger charge is -2.32. The van der Waals surface area contributed by atoms with Crippen molar-refractivity contribution in [3.63, 3.8) is 0 Å². The number of hydrogen-bond acceptors (Lipinski definition) is 4. The largest absolute Gasteiger partial charge is 0.337 e. The zero-order chi connectivity index (χ0) is 22.2. The standard InChI is InChI=1S/C27H34N2OS2/c1-4-21-22-10-15-29(19(3)30)16-26(22)32-24(21)11-14-28-12-8-20(9-13-28)23-17-31-25-7-5-6-18(2)27(23)25/h5-7,17,20H,4,8-16H2,1-3H3. The van der Waals surface area contributed by atoms with Gasteiger partial charge in [-0.05, 0) is 97.1 Å². The van der Waals surface area contributed by atoms with Crippen LogP contribution in [0.4, 0.5) is 0 Å². The molecular formula is C27H34N2OS2. The van der Waals surface area contributed by atoms with E-state index < -0.39 is 0 Å². The van der Waals surface area contributed by atoms with Crippen molar-refractivity contribution in [2.45, 2.75) is 65.3 Å². The number of piperidine rings is 1. The lowest BCUT2D eigenvalue weighted by atomic mass is 9.88. The Morgan fingerprint density at radius 1 is 1.19 bits per heavy atom. The summed E-state index contributed by atoms with van der Waals surface area (Å²) >= 11 is 3.89. The lowest BCUT2D eigenvalue weighted by Crippen LogP contribution is -2.34. The molecule has 0 radical (unpaired) electrons. The van der Waals surface area contributed by atoms with E-state index in [0.29, 0.717) is 5.92 Å². The molecule has 3 nitrogen and oxygen atoms in total. The first kappa shape index (κ1) is 22.1. The van der Waals surface area contributed by atoms with Crippen molar-refractivity contribution >= 4 is 38.7 Å². The monoisotopic (exact) mass is 466 g/mol. The van der Waals surface area contributed by atoms with Gasteiger partial charge in [-0.15, -0.1) is 22.7 Å². The molecule has 170 valence electrons. The van der Waals surface area contributed by atoms with Gasteiger partial charge in [0.15, 0.2) is 0 Å². The Hall–Kier alpha value is -1.69. The minimum Gasteiger partial charge on any atom is -0.337 e. The van der Waals surface area contributed by atoms with Gasteiger partial charge in [0.1, 0.15) is 0 Å². The van der Waals surface area contributed by atoms with Crippen LogP contribution in [0, 0.1) is 6.92 Å². The van der Waals surface area contributed by atoms with Gasteiger partial charge >= 0.3 is 0 Å². The Morgan fingerprint density at radius 3 is 2.75 bits per heavy atom. The molecule has 0 unspecified atom stereocenters. The summed E-state index contributed by atoms with van der Waals surface area (Å²) in [7, 11) is 0. The molecule has 2 aliphatic heterocycles. The minimum absolute atomic E-state index is 0.208. The van der Waals surface area contributed by atoms with Crippen molar-refractivity contribution in [3.05, 3.63) is 55.6 Å². The molecule has 2 aliphatic rings. The first-order valence-electron chi connectivity index (χ1n) is 12.1. The Balaban J connectivity index is 1.22. The molecule has 0 saturated carbocycles. The van der Waals surface area contributed by atoms with Crippen LogP contribution in [0.15, 0.2) is 23.6 Å². The molecule has 0 spiro atoms. The van der Waals surface area contributed by atoms with Crippen LogP contribution >= 0.6 is 22.7 Å². The Kier molecular flexibility index (Phi) is 6.42. The molecule has 0 N–H and O–H groups in total. The van der Waals surface area contributed by atoms with Crippen LogP contribution in [0.5, 0.6) is 0 Å². The number of benzene rings is 1. The molecule has 4 heterocycles. The van der Waals surface area contributed by atoms with E-state index in [4.69, 9.17) is 0 Å². The van der Waals surface area contributed by atoms with Gasteiger partial charge in [-0.3, -0.25) is 4.79 Å². The molecule has 5 rings (SSSR count). The average Bonchev–Trinajstić information content (AvgIpc) is 3.39. The molecule has 3 aromatic rings. The summed E-state index contributed by atoms with van der Waals surface area (Å²) in [6.07, 6.45) is 5.86. The van der Waals surface area contributed by atoms with Gasteiger partial charge in [0.05, 0.1) is 6.54 Å². The fraction of sp³-hybridized carbons (Fsp3) is 0.519. The third-order valence-corrected chi connectivity index (χ3v) is 9.85. The summed E-state index contributed by atoms with van der Waals surface area (Å²) in [6.45, 7) is 11.5. The van der Waals surface area contributed by atoms with E-state index in [1.165, 1.54) is 53.0 Å². The van der Waals surface area contributed by atoms with Crippen LogP contribution in [0.2, 0.25) is 0 Å². The van der Waals surface area contributed by atoms with E-state index >= 15 is 0 Å². The lowest BCUT2D eigenvalue weighted by molar-refractivity contribution is -0.129. The van der Waals surface area contributed by atoms with Gasteiger partial charge in [-0.1, -0.05) is 19.1 Å². The van der Waals surface area contributed by atoms with Crippen LogP contribution < -0.4 is 0 Å². The number of likely N-dealkylation sites (tertiary alicyclic amines) is 1. The second-order valence-electron chi connectivity index (χ2n) is 9.45. The van der Waals surface area contributed by atoms with Gasteiger partial charge in [0, 0.05) is 34.5 Å². The van der Waals surface area contributed by atoms with E-state index in [1.54, 1.807) is 28.5 Å². The number of thiophene rings is 2. The summed E-state index contributed by atoms with van der Waals surface area (Å²) in [6, 6.07) is 6.72. The highest BCUT2D eigenvalue weighted by Crippen LogP contribution is 2.39. The summed E-state index contributed by atoms with van der Waals surface area (Å²) in [5.41, 5.74) is 6.17.